The van der Waals surface area contributed by atoms with Crippen molar-refractivity contribution in [3.63, 3.8) is 0 Å². The van der Waals surface area contributed by atoms with Gasteiger partial charge in [-0.2, -0.15) is 0 Å². The van der Waals surface area contributed by atoms with E-state index in [4.69, 9.17) is 0 Å². The maximum atomic E-state index is 13.3. The largest absolute Gasteiger partial charge is 0.334 e. The van der Waals surface area contributed by atoms with Crippen LogP contribution in [0.15, 0.2) is 0 Å². The second-order valence-corrected chi connectivity index (χ2v) is 11.5. The highest BCUT2D eigenvalue weighted by Crippen LogP contribution is 2.30. The number of hydrogen-bond acceptors (Lipinski definition) is 6. The third kappa shape index (κ3) is 4.49. The lowest BCUT2D eigenvalue weighted by Gasteiger charge is -2.38. The fourth-order valence-electron chi connectivity index (χ4n) is 5.60. The molecule has 1 unspecified atom stereocenters. The van der Waals surface area contributed by atoms with E-state index in [2.05, 4.69) is 0 Å². The lowest BCUT2D eigenvalue weighted by molar-refractivity contribution is -0.146. The molecule has 2 saturated heterocycles. The van der Waals surface area contributed by atoms with Crippen molar-refractivity contribution < 1.29 is 27.6 Å². The number of urea groups is 1. The van der Waals surface area contributed by atoms with E-state index >= 15 is 0 Å². The number of imide groups is 2. The van der Waals surface area contributed by atoms with Gasteiger partial charge in [-0.1, -0.05) is 38.5 Å². The molecular formula is C21H31N3O6S. The van der Waals surface area contributed by atoms with E-state index < -0.39 is 46.2 Å². The molecule has 10 heteroatoms. The van der Waals surface area contributed by atoms with Crippen LogP contribution in [0.2, 0.25) is 0 Å². The number of nitrogens with zero attached hydrogens (tertiary/aromatic N) is 3. The van der Waals surface area contributed by atoms with Crippen LogP contribution in [0.1, 0.15) is 70.6 Å². The molecule has 4 rings (SSSR count). The Morgan fingerprint density at radius 2 is 1.45 bits per heavy atom. The van der Waals surface area contributed by atoms with Crippen molar-refractivity contribution in [1.29, 1.82) is 0 Å². The number of carbonyl (C=O) groups is 4. The molecule has 0 spiro atoms. The first-order valence-electron chi connectivity index (χ1n) is 11.5. The lowest BCUT2D eigenvalue weighted by atomic mass is 9.93. The topological polar surface area (TPSA) is 112 Å². The fraction of sp³-hybridized carbons (Fsp3) is 0.810. The highest BCUT2D eigenvalue weighted by Gasteiger charge is 2.49. The minimum absolute atomic E-state index is 0.0453. The summed E-state index contributed by atoms with van der Waals surface area (Å²) in [6, 6.07) is -1.51. The highest BCUT2D eigenvalue weighted by atomic mass is 32.2. The van der Waals surface area contributed by atoms with E-state index in [1.165, 1.54) is 0 Å². The summed E-state index contributed by atoms with van der Waals surface area (Å²) in [6.07, 6.45) is 9.17. The van der Waals surface area contributed by atoms with Crippen molar-refractivity contribution in [1.82, 2.24) is 14.7 Å². The third-order valence-corrected chi connectivity index (χ3v) is 8.93. The quantitative estimate of drug-likeness (QED) is 0.460. The molecule has 31 heavy (non-hydrogen) atoms. The van der Waals surface area contributed by atoms with Crippen molar-refractivity contribution in [3.05, 3.63) is 0 Å². The van der Waals surface area contributed by atoms with E-state index in [0.29, 0.717) is 19.3 Å². The van der Waals surface area contributed by atoms with Gasteiger partial charge in [0.05, 0.1) is 11.5 Å². The standard InChI is InChI=1S/C21H31N3O6S/c25-18(23(15-7-3-1-4-8-15)17-11-12-31(29,30)14-17)13-22-19(26)20(27)24(21(22)28)16-9-5-2-6-10-16/h15-17H,1-14H2. The molecule has 0 radical (unpaired) electrons. The zero-order valence-corrected chi connectivity index (χ0v) is 18.6. The van der Waals surface area contributed by atoms with Gasteiger partial charge in [0.15, 0.2) is 9.84 Å². The summed E-state index contributed by atoms with van der Waals surface area (Å²) in [6.45, 7) is -0.500. The van der Waals surface area contributed by atoms with E-state index in [0.717, 1.165) is 61.2 Å². The van der Waals surface area contributed by atoms with Gasteiger partial charge in [0, 0.05) is 18.1 Å². The summed E-state index contributed by atoms with van der Waals surface area (Å²) in [5.74, 6) is -2.27. The minimum Gasteiger partial charge on any atom is -0.334 e. The van der Waals surface area contributed by atoms with Crippen LogP contribution in [0.5, 0.6) is 0 Å². The summed E-state index contributed by atoms with van der Waals surface area (Å²) < 4.78 is 24.1. The molecule has 9 nitrogen and oxygen atoms in total. The van der Waals surface area contributed by atoms with Crippen molar-refractivity contribution in [2.24, 2.45) is 0 Å². The van der Waals surface area contributed by atoms with E-state index in [-0.39, 0.29) is 23.6 Å². The predicted octanol–water partition coefficient (Wildman–Crippen LogP) is 1.46. The first-order chi connectivity index (χ1) is 14.8. The second kappa shape index (κ2) is 8.88. The zero-order chi connectivity index (χ0) is 22.2. The monoisotopic (exact) mass is 453 g/mol. The molecule has 5 amide bonds. The molecule has 1 atom stereocenters. The van der Waals surface area contributed by atoms with Gasteiger partial charge < -0.3 is 4.90 Å². The molecular weight excluding hydrogens is 422 g/mol. The van der Waals surface area contributed by atoms with Gasteiger partial charge in [0.2, 0.25) is 5.91 Å². The SMILES string of the molecule is O=C1C(=O)N(C2CCCCC2)C(=O)N1CC(=O)N(C1CCCCC1)C1CCS(=O)(=O)C1. The van der Waals surface area contributed by atoms with Gasteiger partial charge in [-0.15, -0.1) is 0 Å². The third-order valence-electron chi connectivity index (χ3n) is 7.17. The normalized spacial score (nSPS) is 27.9. The average molecular weight is 454 g/mol. The minimum atomic E-state index is -3.20. The van der Waals surface area contributed by atoms with Crippen LogP contribution in [0, 0.1) is 0 Å². The molecule has 0 aromatic heterocycles. The number of sulfone groups is 1. The van der Waals surface area contributed by atoms with Gasteiger partial charge in [0.25, 0.3) is 0 Å². The smallest absolute Gasteiger partial charge is 0.334 e. The second-order valence-electron chi connectivity index (χ2n) is 9.29. The molecule has 0 N–H and O–H groups in total. The van der Waals surface area contributed by atoms with E-state index in [1.54, 1.807) is 4.90 Å². The first kappa shape index (κ1) is 22.2. The Bertz CT molecular complexity index is 860. The van der Waals surface area contributed by atoms with Gasteiger partial charge >= 0.3 is 17.8 Å². The molecule has 172 valence electrons. The van der Waals surface area contributed by atoms with Crippen LogP contribution >= 0.6 is 0 Å². The molecule has 0 bridgehead atoms. The van der Waals surface area contributed by atoms with E-state index in [1.807, 2.05) is 0 Å². The predicted molar refractivity (Wildman–Crippen MR) is 112 cm³/mol. The summed E-state index contributed by atoms with van der Waals surface area (Å²) >= 11 is 0. The lowest BCUT2D eigenvalue weighted by Crippen LogP contribution is -2.53. The van der Waals surface area contributed by atoms with Crippen molar-refractivity contribution >= 4 is 33.6 Å². The van der Waals surface area contributed by atoms with Crippen LogP contribution in [0.25, 0.3) is 0 Å². The zero-order valence-electron chi connectivity index (χ0n) is 17.8. The first-order valence-corrected chi connectivity index (χ1v) is 13.3. The van der Waals surface area contributed by atoms with Crippen LogP contribution in [-0.2, 0) is 24.2 Å². The van der Waals surface area contributed by atoms with Gasteiger partial charge in [0.1, 0.15) is 6.54 Å². The van der Waals surface area contributed by atoms with Gasteiger partial charge in [-0.05, 0) is 32.1 Å². The Kier molecular flexibility index (Phi) is 6.37. The summed E-state index contributed by atoms with van der Waals surface area (Å²) in [4.78, 5) is 54.8. The van der Waals surface area contributed by atoms with E-state index in [9.17, 15) is 27.6 Å². The van der Waals surface area contributed by atoms with Gasteiger partial charge in [-0.3, -0.25) is 19.3 Å². The number of carbonyl (C=O) groups excluding carboxylic acids is 4. The number of amides is 5. The molecule has 2 aliphatic heterocycles. The Balaban J connectivity index is 1.51. The van der Waals surface area contributed by atoms with Crippen molar-refractivity contribution in [2.45, 2.75) is 88.8 Å². The van der Waals surface area contributed by atoms with Crippen LogP contribution < -0.4 is 0 Å². The maximum Gasteiger partial charge on any atom is 0.334 e. The van der Waals surface area contributed by atoms with Crippen LogP contribution in [0.3, 0.4) is 0 Å². The molecule has 2 aliphatic carbocycles. The molecule has 0 aromatic rings. The Hall–Kier alpha value is -1.97. The fourth-order valence-corrected chi connectivity index (χ4v) is 7.31. The van der Waals surface area contributed by atoms with Crippen molar-refractivity contribution in [2.75, 3.05) is 18.1 Å². The average Bonchev–Trinajstić information content (AvgIpc) is 3.21. The number of rotatable bonds is 5. The van der Waals surface area contributed by atoms with Crippen LogP contribution in [-0.4, -0.2) is 83.0 Å². The molecule has 2 saturated carbocycles. The Labute approximate surface area is 183 Å². The Morgan fingerprint density at radius 3 is 2.03 bits per heavy atom. The molecule has 4 fully saturated rings. The maximum absolute atomic E-state index is 13.3. The summed E-state index contributed by atoms with van der Waals surface area (Å²) in [7, 11) is -3.20. The molecule has 4 aliphatic rings. The summed E-state index contributed by atoms with van der Waals surface area (Å²) in [5, 5.41) is 0. The highest BCUT2D eigenvalue weighted by molar-refractivity contribution is 7.91. The number of hydrogen-bond donors (Lipinski definition) is 0. The van der Waals surface area contributed by atoms with Crippen molar-refractivity contribution in [3.8, 4) is 0 Å². The Morgan fingerprint density at radius 1 is 0.839 bits per heavy atom. The molecule has 2 heterocycles. The summed E-state index contributed by atoms with van der Waals surface area (Å²) in [5.41, 5.74) is 0. The molecule has 0 aromatic carbocycles. The van der Waals surface area contributed by atoms with Crippen LogP contribution in [0.4, 0.5) is 4.79 Å². The van der Waals surface area contributed by atoms with Gasteiger partial charge in [-0.25, -0.2) is 18.1 Å².